The van der Waals surface area contributed by atoms with Crippen LogP contribution in [-0.2, 0) is 14.3 Å². The highest BCUT2D eigenvalue weighted by atomic mass is 16.5. The van der Waals surface area contributed by atoms with E-state index in [1.54, 1.807) is 19.9 Å². The molecule has 3 aromatic rings. The average molecular weight is 410 g/mol. The molecule has 154 valence electrons. The molecule has 3 rings (SSSR count). The van der Waals surface area contributed by atoms with Crippen LogP contribution in [0.1, 0.15) is 19.4 Å². The molecule has 0 amide bonds. The smallest absolute Gasteiger partial charge is 0.338 e. The monoisotopic (exact) mass is 410 g/mol. The van der Waals surface area contributed by atoms with Crippen LogP contribution in [-0.4, -0.2) is 18.5 Å². The van der Waals surface area contributed by atoms with Gasteiger partial charge in [0.1, 0.15) is 5.75 Å². The van der Waals surface area contributed by atoms with Crippen LogP contribution in [0.4, 0.5) is 0 Å². The van der Waals surface area contributed by atoms with Gasteiger partial charge in [-0.25, -0.2) is 9.59 Å². The molecule has 0 aromatic heterocycles. The second-order valence-corrected chi connectivity index (χ2v) is 7.13. The Labute approximate surface area is 181 Å². The highest BCUT2D eigenvalue weighted by molar-refractivity contribution is 5.91. The van der Waals surface area contributed by atoms with Crippen LogP contribution in [0.5, 0.6) is 5.75 Å². The van der Waals surface area contributed by atoms with Crippen LogP contribution in [0.25, 0.3) is 21.9 Å². The number of hydrogen-bond donors (Lipinski definition) is 0. The van der Waals surface area contributed by atoms with Crippen molar-refractivity contribution in [2.75, 3.05) is 6.61 Å². The Bertz CT molecular complexity index is 1240. The zero-order chi connectivity index (χ0) is 22.4. The second-order valence-electron chi connectivity index (χ2n) is 7.13. The molecule has 4 nitrogen and oxygen atoms in total. The van der Waals surface area contributed by atoms with E-state index in [0.29, 0.717) is 16.9 Å². The van der Waals surface area contributed by atoms with Gasteiger partial charge in [-0.2, -0.15) is 0 Å². The standard InChI is InChI=1S/C27H22O4/c1-18(2)26(28)30-15-5-6-20-7-9-21(10-8-20)22-11-12-24-17-25(14-13-23(24)16-22)31-27(29)19(3)4/h7-14,16-17H,1,3,15H2,2,4H3. The van der Waals surface area contributed by atoms with Crippen molar-refractivity contribution in [3.05, 3.63) is 90.5 Å². The molecule has 0 N–H and O–H groups in total. The Hall–Kier alpha value is -4.10. The maximum absolute atomic E-state index is 11.7. The molecule has 0 aliphatic rings. The van der Waals surface area contributed by atoms with Gasteiger partial charge in [-0.05, 0) is 66.1 Å². The summed E-state index contributed by atoms with van der Waals surface area (Å²) in [5.74, 6) is 5.40. The molecule has 31 heavy (non-hydrogen) atoms. The van der Waals surface area contributed by atoms with Crippen molar-refractivity contribution in [1.29, 1.82) is 0 Å². The predicted octanol–water partition coefficient (Wildman–Crippen LogP) is 5.46. The third-order valence-corrected chi connectivity index (χ3v) is 4.45. The van der Waals surface area contributed by atoms with Gasteiger partial charge in [0.05, 0.1) is 0 Å². The molecule has 0 atom stereocenters. The van der Waals surface area contributed by atoms with E-state index in [9.17, 15) is 9.59 Å². The van der Waals surface area contributed by atoms with Crippen LogP contribution >= 0.6 is 0 Å². The quantitative estimate of drug-likeness (QED) is 0.243. The minimum Gasteiger partial charge on any atom is -0.449 e. The Morgan fingerprint density at radius 3 is 2.10 bits per heavy atom. The third-order valence-electron chi connectivity index (χ3n) is 4.45. The van der Waals surface area contributed by atoms with Crippen molar-refractivity contribution in [3.63, 3.8) is 0 Å². The molecule has 0 unspecified atom stereocenters. The number of carbonyl (C=O) groups is 2. The first-order valence-electron chi connectivity index (χ1n) is 9.67. The summed E-state index contributed by atoms with van der Waals surface area (Å²) < 4.78 is 10.2. The molecule has 0 aliphatic heterocycles. The van der Waals surface area contributed by atoms with E-state index in [0.717, 1.165) is 27.5 Å². The topological polar surface area (TPSA) is 52.6 Å². The van der Waals surface area contributed by atoms with E-state index in [1.165, 1.54) is 0 Å². The number of rotatable bonds is 5. The Kier molecular flexibility index (Phi) is 6.69. The van der Waals surface area contributed by atoms with Gasteiger partial charge in [0.25, 0.3) is 0 Å². The van der Waals surface area contributed by atoms with Gasteiger partial charge >= 0.3 is 11.9 Å². The number of hydrogen-bond acceptors (Lipinski definition) is 4. The van der Waals surface area contributed by atoms with E-state index in [-0.39, 0.29) is 6.61 Å². The molecule has 0 aliphatic carbocycles. The van der Waals surface area contributed by atoms with Crippen LogP contribution in [0, 0.1) is 11.8 Å². The maximum Gasteiger partial charge on any atom is 0.338 e. The van der Waals surface area contributed by atoms with Crippen molar-refractivity contribution in [1.82, 2.24) is 0 Å². The molecule has 0 bridgehead atoms. The largest absolute Gasteiger partial charge is 0.449 e. The third kappa shape index (κ3) is 5.71. The molecule has 0 saturated carbocycles. The number of ether oxygens (including phenoxy) is 2. The number of esters is 2. The molecule has 0 heterocycles. The predicted molar refractivity (Wildman–Crippen MR) is 122 cm³/mol. The lowest BCUT2D eigenvalue weighted by atomic mass is 10.0. The fourth-order valence-electron chi connectivity index (χ4n) is 2.77. The first kappa shape index (κ1) is 21.6. The first-order valence-corrected chi connectivity index (χ1v) is 9.67. The summed E-state index contributed by atoms with van der Waals surface area (Å²) in [6.45, 7) is 10.4. The molecule has 0 fully saturated rings. The molecular weight excluding hydrogens is 388 g/mol. The summed E-state index contributed by atoms with van der Waals surface area (Å²) in [5.41, 5.74) is 3.66. The summed E-state index contributed by atoms with van der Waals surface area (Å²) in [6, 6.07) is 19.5. The Balaban J connectivity index is 1.72. The SMILES string of the molecule is C=C(C)C(=O)OCC#Cc1ccc(-c2ccc3cc(OC(=O)C(=C)C)ccc3c2)cc1. The van der Waals surface area contributed by atoms with Crippen LogP contribution in [0.15, 0.2) is 85.0 Å². The Morgan fingerprint density at radius 2 is 1.42 bits per heavy atom. The zero-order valence-electron chi connectivity index (χ0n) is 17.5. The minimum atomic E-state index is -0.443. The van der Waals surface area contributed by atoms with Gasteiger partial charge in [-0.15, -0.1) is 0 Å². The second kappa shape index (κ2) is 9.60. The number of benzene rings is 3. The molecule has 0 spiro atoms. The summed E-state index contributed by atoms with van der Waals surface area (Å²) >= 11 is 0. The molecular formula is C27H22O4. The van der Waals surface area contributed by atoms with Crippen molar-refractivity contribution in [2.24, 2.45) is 0 Å². The Morgan fingerprint density at radius 1 is 0.806 bits per heavy atom. The number of carbonyl (C=O) groups excluding carboxylic acids is 2. The van der Waals surface area contributed by atoms with E-state index in [2.05, 4.69) is 31.1 Å². The van der Waals surface area contributed by atoms with Crippen molar-refractivity contribution in [3.8, 4) is 28.7 Å². The zero-order valence-corrected chi connectivity index (χ0v) is 17.5. The lowest BCUT2D eigenvalue weighted by molar-refractivity contribution is -0.137. The summed E-state index contributed by atoms with van der Waals surface area (Å²) in [4.78, 5) is 23.0. The average Bonchev–Trinajstić information content (AvgIpc) is 2.76. The van der Waals surface area contributed by atoms with Gasteiger partial charge < -0.3 is 9.47 Å². The van der Waals surface area contributed by atoms with Crippen LogP contribution in [0.3, 0.4) is 0 Å². The lowest BCUT2D eigenvalue weighted by Gasteiger charge is -2.07. The highest BCUT2D eigenvalue weighted by Crippen LogP contribution is 2.27. The summed E-state index contributed by atoms with van der Waals surface area (Å²) in [6.07, 6.45) is 0. The fraction of sp³-hybridized carbons (Fsp3) is 0.111. The normalized spacial score (nSPS) is 10.0. The molecule has 3 aromatic carbocycles. The minimum absolute atomic E-state index is 0.0296. The van der Waals surface area contributed by atoms with Gasteiger partial charge in [-0.1, -0.05) is 55.3 Å². The lowest BCUT2D eigenvalue weighted by Crippen LogP contribution is -2.07. The van der Waals surface area contributed by atoms with E-state index in [1.807, 2.05) is 48.5 Å². The van der Waals surface area contributed by atoms with Gasteiger partial charge in [0.15, 0.2) is 6.61 Å². The fourth-order valence-corrected chi connectivity index (χ4v) is 2.77. The van der Waals surface area contributed by atoms with Gasteiger partial charge in [0, 0.05) is 16.7 Å². The van der Waals surface area contributed by atoms with Crippen LogP contribution < -0.4 is 4.74 Å². The molecule has 0 saturated heterocycles. The van der Waals surface area contributed by atoms with E-state index >= 15 is 0 Å². The van der Waals surface area contributed by atoms with Crippen molar-refractivity contribution in [2.45, 2.75) is 13.8 Å². The number of fused-ring (bicyclic) bond motifs is 1. The van der Waals surface area contributed by atoms with Crippen molar-refractivity contribution < 1.29 is 19.1 Å². The van der Waals surface area contributed by atoms with Crippen molar-refractivity contribution >= 4 is 22.7 Å². The summed E-state index contributed by atoms with van der Waals surface area (Å²) in [7, 11) is 0. The first-order chi connectivity index (χ1) is 14.8. The summed E-state index contributed by atoms with van der Waals surface area (Å²) in [5, 5.41) is 2.01. The highest BCUT2D eigenvalue weighted by Gasteiger charge is 2.07. The molecule has 4 heteroatoms. The van der Waals surface area contributed by atoms with Gasteiger partial charge in [0.2, 0.25) is 0 Å². The van der Waals surface area contributed by atoms with Gasteiger partial charge in [-0.3, -0.25) is 0 Å². The maximum atomic E-state index is 11.7. The van der Waals surface area contributed by atoms with E-state index in [4.69, 9.17) is 9.47 Å². The van der Waals surface area contributed by atoms with E-state index < -0.39 is 11.9 Å². The van der Waals surface area contributed by atoms with Crippen LogP contribution in [0.2, 0.25) is 0 Å². The molecule has 0 radical (unpaired) electrons.